The van der Waals surface area contributed by atoms with Gasteiger partial charge in [-0.1, -0.05) is 12.2 Å². The third-order valence-corrected chi connectivity index (χ3v) is 3.23. The van der Waals surface area contributed by atoms with Crippen LogP contribution in [0.15, 0.2) is 12.2 Å². The summed E-state index contributed by atoms with van der Waals surface area (Å²) in [5, 5.41) is 3.60. The predicted molar refractivity (Wildman–Crippen MR) is 67.2 cm³/mol. The van der Waals surface area contributed by atoms with E-state index in [1.807, 2.05) is 0 Å². The molecule has 88 valence electrons. The van der Waals surface area contributed by atoms with Crippen molar-refractivity contribution in [1.29, 1.82) is 0 Å². The van der Waals surface area contributed by atoms with Gasteiger partial charge in [-0.05, 0) is 59.7 Å². The van der Waals surface area contributed by atoms with Crippen molar-refractivity contribution in [3.63, 3.8) is 0 Å². The lowest BCUT2D eigenvalue weighted by Gasteiger charge is -2.22. The van der Waals surface area contributed by atoms with Crippen LogP contribution in [-0.4, -0.2) is 37.1 Å². The Kier molecular flexibility index (Phi) is 5.96. The van der Waals surface area contributed by atoms with E-state index < -0.39 is 0 Å². The highest BCUT2D eigenvalue weighted by molar-refractivity contribution is 4.97. The van der Waals surface area contributed by atoms with Crippen LogP contribution < -0.4 is 5.32 Å². The van der Waals surface area contributed by atoms with Gasteiger partial charge in [0.05, 0.1) is 0 Å². The first-order valence-corrected chi connectivity index (χ1v) is 6.30. The monoisotopic (exact) mass is 210 g/mol. The van der Waals surface area contributed by atoms with Gasteiger partial charge in [0.2, 0.25) is 0 Å². The maximum Gasteiger partial charge on any atom is 0.0250 e. The van der Waals surface area contributed by atoms with Gasteiger partial charge >= 0.3 is 0 Å². The molecule has 0 bridgehead atoms. The van der Waals surface area contributed by atoms with Crippen molar-refractivity contribution in [2.24, 2.45) is 0 Å². The highest BCUT2D eigenvalue weighted by atomic mass is 15.1. The van der Waals surface area contributed by atoms with Crippen LogP contribution in [-0.2, 0) is 0 Å². The zero-order chi connectivity index (χ0) is 11.1. The van der Waals surface area contributed by atoms with Crippen LogP contribution in [0.5, 0.6) is 0 Å². The second kappa shape index (κ2) is 7.02. The molecule has 1 N–H and O–H groups in total. The van der Waals surface area contributed by atoms with Gasteiger partial charge in [-0.25, -0.2) is 0 Å². The van der Waals surface area contributed by atoms with Gasteiger partial charge in [0.1, 0.15) is 0 Å². The van der Waals surface area contributed by atoms with Gasteiger partial charge < -0.3 is 10.2 Å². The van der Waals surface area contributed by atoms with Gasteiger partial charge in [-0.15, -0.1) is 0 Å². The normalized spacial score (nSPS) is 21.5. The van der Waals surface area contributed by atoms with E-state index in [-0.39, 0.29) is 0 Å². The lowest BCUT2D eigenvalue weighted by molar-refractivity contribution is 0.268. The minimum absolute atomic E-state index is 0.642. The zero-order valence-electron chi connectivity index (χ0n) is 10.5. The highest BCUT2D eigenvalue weighted by Gasteiger charge is 2.07. The Morgan fingerprint density at radius 3 is 2.87 bits per heavy atom. The molecule has 0 spiro atoms. The average molecular weight is 210 g/mol. The minimum atomic E-state index is 0.642. The molecule has 0 heterocycles. The van der Waals surface area contributed by atoms with Crippen LogP contribution in [0.25, 0.3) is 0 Å². The van der Waals surface area contributed by atoms with Gasteiger partial charge in [-0.3, -0.25) is 0 Å². The maximum atomic E-state index is 3.60. The third-order valence-electron chi connectivity index (χ3n) is 3.23. The first-order chi connectivity index (χ1) is 7.20. The first-order valence-electron chi connectivity index (χ1n) is 6.30. The Morgan fingerprint density at radius 1 is 1.47 bits per heavy atom. The number of rotatable bonds is 6. The SMILES string of the molecule is CC(C)N(C)CCCNC1C=CCCC1. The number of nitrogens with zero attached hydrogens (tertiary/aromatic N) is 1. The summed E-state index contributed by atoms with van der Waals surface area (Å²) >= 11 is 0. The van der Waals surface area contributed by atoms with Crippen molar-refractivity contribution >= 4 is 0 Å². The molecule has 0 radical (unpaired) electrons. The molecule has 1 unspecified atom stereocenters. The van der Waals surface area contributed by atoms with E-state index in [1.165, 1.54) is 32.2 Å². The van der Waals surface area contributed by atoms with Crippen LogP contribution >= 0.6 is 0 Å². The van der Waals surface area contributed by atoms with Crippen molar-refractivity contribution in [3.8, 4) is 0 Å². The van der Waals surface area contributed by atoms with Crippen molar-refractivity contribution in [2.75, 3.05) is 20.1 Å². The van der Waals surface area contributed by atoms with Gasteiger partial charge in [0.15, 0.2) is 0 Å². The molecule has 0 saturated carbocycles. The molecule has 0 amide bonds. The third kappa shape index (κ3) is 5.33. The Hall–Kier alpha value is -0.340. The fourth-order valence-electron chi connectivity index (χ4n) is 1.86. The number of nitrogens with one attached hydrogen (secondary N) is 1. The maximum absolute atomic E-state index is 3.60. The van der Waals surface area contributed by atoms with Crippen molar-refractivity contribution in [3.05, 3.63) is 12.2 Å². The Labute approximate surface area is 94.7 Å². The molecule has 0 saturated heterocycles. The van der Waals surface area contributed by atoms with Gasteiger partial charge in [0.25, 0.3) is 0 Å². The predicted octanol–water partition coefficient (Wildman–Crippen LogP) is 2.42. The number of allylic oxidation sites excluding steroid dienone is 1. The summed E-state index contributed by atoms with van der Waals surface area (Å²) in [4.78, 5) is 2.40. The molecule has 1 rings (SSSR count). The molecule has 1 aliphatic rings. The quantitative estimate of drug-likeness (QED) is 0.535. The van der Waals surface area contributed by atoms with E-state index in [4.69, 9.17) is 0 Å². The molecular formula is C13H26N2. The highest BCUT2D eigenvalue weighted by Crippen LogP contribution is 2.09. The second-order valence-corrected chi connectivity index (χ2v) is 4.85. The molecule has 0 aliphatic heterocycles. The van der Waals surface area contributed by atoms with E-state index in [1.54, 1.807) is 0 Å². The summed E-state index contributed by atoms with van der Waals surface area (Å²) in [6, 6.07) is 1.31. The van der Waals surface area contributed by atoms with Crippen LogP contribution in [0.2, 0.25) is 0 Å². The molecule has 0 fully saturated rings. The van der Waals surface area contributed by atoms with E-state index in [9.17, 15) is 0 Å². The summed E-state index contributed by atoms with van der Waals surface area (Å²) in [6.45, 7) is 6.84. The number of hydrogen-bond donors (Lipinski definition) is 1. The van der Waals surface area contributed by atoms with Gasteiger partial charge in [-0.2, -0.15) is 0 Å². The summed E-state index contributed by atoms with van der Waals surface area (Å²) in [5.41, 5.74) is 0. The summed E-state index contributed by atoms with van der Waals surface area (Å²) in [6.07, 6.45) is 9.82. The Bertz CT molecular complexity index is 187. The lowest BCUT2D eigenvalue weighted by Crippen LogP contribution is -2.33. The van der Waals surface area contributed by atoms with E-state index in [0.717, 1.165) is 6.54 Å². The van der Waals surface area contributed by atoms with E-state index >= 15 is 0 Å². The van der Waals surface area contributed by atoms with Crippen molar-refractivity contribution < 1.29 is 0 Å². The minimum Gasteiger partial charge on any atom is -0.310 e. The van der Waals surface area contributed by atoms with E-state index in [2.05, 4.69) is 43.3 Å². The topological polar surface area (TPSA) is 15.3 Å². The van der Waals surface area contributed by atoms with E-state index in [0.29, 0.717) is 12.1 Å². The smallest absolute Gasteiger partial charge is 0.0250 e. The molecule has 0 aromatic rings. The lowest BCUT2D eigenvalue weighted by atomic mass is 10.0. The number of hydrogen-bond acceptors (Lipinski definition) is 2. The van der Waals surface area contributed by atoms with Crippen LogP contribution in [0.3, 0.4) is 0 Å². The summed E-state index contributed by atoms with van der Waals surface area (Å²) < 4.78 is 0. The first kappa shape index (κ1) is 12.7. The fourth-order valence-corrected chi connectivity index (χ4v) is 1.86. The molecule has 15 heavy (non-hydrogen) atoms. The zero-order valence-corrected chi connectivity index (χ0v) is 10.5. The second-order valence-electron chi connectivity index (χ2n) is 4.85. The fraction of sp³-hybridized carbons (Fsp3) is 0.846. The standard InChI is InChI=1S/C13H26N2/c1-12(2)15(3)11-7-10-14-13-8-5-4-6-9-13/h5,8,12-14H,4,6-7,9-11H2,1-3H3. The molecular weight excluding hydrogens is 184 g/mol. The molecule has 2 heteroatoms. The largest absolute Gasteiger partial charge is 0.310 e. The molecule has 2 nitrogen and oxygen atoms in total. The summed E-state index contributed by atoms with van der Waals surface area (Å²) in [7, 11) is 2.20. The summed E-state index contributed by atoms with van der Waals surface area (Å²) in [5.74, 6) is 0. The Balaban J connectivity index is 2.01. The molecule has 1 atom stereocenters. The van der Waals surface area contributed by atoms with Gasteiger partial charge in [0, 0.05) is 12.1 Å². The van der Waals surface area contributed by atoms with Crippen LogP contribution in [0.4, 0.5) is 0 Å². The molecule has 0 aromatic carbocycles. The van der Waals surface area contributed by atoms with Crippen LogP contribution in [0.1, 0.15) is 39.5 Å². The van der Waals surface area contributed by atoms with Crippen molar-refractivity contribution in [1.82, 2.24) is 10.2 Å². The molecule has 0 aromatic heterocycles. The van der Waals surface area contributed by atoms with Crippen LogP contribution in [0, 0.1) is 0 Å². The molecule has 1 aliphatic carbocycles. The average Bonchev–Trinajstić information content (AvgIpc) is 2.25. The Morgan fingerprint density at radius 2 is 2.27 bits per heavy atom. The van der Waals surface area contributed by atoms with Crippen molar-refractivity contribution in [2.45, 2.75) is 51.6 Å².